The van der Waals surface area contributed by atoms with Gasteiger partial charge < -0.3 is 10.3 Å². The smallest absolute Gasteiger partial charge is 0.233 e. The summed E-state index contributed by atoms with van der Waals surface area (Å²) in [5.74, 6) is 3.57. The summed E-state index contributed by atoms with van der Waals surface area (Å²) in [4.78, 5) is 16.7. The zero-order valence-corrected chi connectivity index (χ0v) is 19.9. The van der Waals surface area contributed by atoms with Gasteiger partial charge in [-0.25, -0.2) is 0 Å². The number of para-hydroxylation sites is 1. The first-order valence-corrected chi connectivity index (χ1v) is 13.4. The maximum Gasteiger partial charge on any atom is 0.233 e. The number of fused-ring (bicyclic) bond motifs is 1. The molecule has 5 aliphatic rings. The minimum Gasteiger partial charge on any atom is -0.360 e. The number of aromatic nitrogens is 4. The highest BCUT2D eigenvalue weighted by Gasteiger charge is 2.51. The van der Waals surface area contributed by atoms with Gasteiger partial charge in [-0.1, -0.05) is 30.0 Å². The Morgan fingerprint density at radius 3 is 2.52 bits per heavy atom. The fourth-order valence-electron chi connectivity index (χ4n) is 7.30. The van der Waals surface area contributed by atoms with Crippen LogP contribution in [-0.4, -0.2) is 36.4 Å². The van der Waals surface area contributed by atoms with Crippen molar-refractivity contribution in [1.29, 1.82) is 0 Å². The quantitative estimate of drug-likeness (QED) is 0.487. The van der Waals surface area contributed by atoms with E-state index in [0.29, 0.717) is 6.04 Å². The number of nitrogens with one attached hydrogen (secondary N) is 2. The average molecular weight is 462 g/mol. The first-order valence-electron chi connectivity index (χ1n) is 12.6. The van der Waals surface area contributed by atoms with Crippen molar-refractivity contribution >= 4 is 28.6 Å². The largest absolute Gasteiger partial charge is 0.360 e. The van der Waals surface area contributed by atoms with Crippen molar-refractivity contribution in [3.8, 4) is 11.4 Å². The molecule has 1 amide bonds. The zero-order chi connectivity index (χ0) is 22.2. The van der Waals surface area contributed by atoms with Crippen molar-refractivity contribution in [3.63, 3.8) is 0 Å². The third-order valence-electron chi connectivity index (χ3n) is 8.48. The Bertz CT molecular complexity index is 1190. The number of benzene rings is 1. The molecule has 0 saturated heterocycles. The molecule has 7 heteroatoms. The monoisotopic (exact) mass is 461 g/mol. The Morgan fingerprint density at radius 2 is 1.82 bits per heavy atom. The number of carbonyl (C=O) groups is 1. The molecular formula is C26H31N5OS. The molecule has 2 heterocycles. The number of nitrogens with zero attached hydrogens (tertiary/aromatic N) is 3. The van der Waals surface area contributed by atoms with Crippen LogP contribution in [0.25, 0.3) is 22.3 Å². The highest BCUT2D eigenvalue weighted by Crippen LogP contribution is 2.55. The van der Waals surface area contributed by atoms with Crippen LogP contribution in [-0.2, 0) is 4.79 Å². The fourth-order valence-corrected chi connectivity index (χ4v) is 8.22. The van der Waals surface area contributed by atoms with Gasteiger partial charge in [0.25, 0.3) is 0 Å². The molecule has 0 radical (unpaired) electrons. The highest BCUT2D eigenvalue weighted by atomic mass is 32.2. The average Bonchev–Trinajstić information content (AvgIpc) is 3.39. The Balaban J connectivity index is 1.13. The van der Waals surface area contributed by atoms with Gasteiger partial charge in [-0.2, -0.15) is 0 Å². The van der Waals surface area contributed by atoms with Gasteiger partial charge in [-0.05, 0) is 82.1 Å². The van der Waals surface area contributed by atoms with Crippen molar-refractivity contribution in [3.05, 3.63) is 30.5 Å². The minimum atomic E-state index is -0.185. The summed E-state index contributed by atoms with van der Waals surface area (Å²) in [5.41, 5.74) is 2.25. The Hall–Kier alpha value is -2.28. The van der Waals surface area contributed by atoms with Crippen molar-refractivity contribution < 1.29 is 4.79 Å². The van der Waals surface area contributed by atoms with Crippen molar-refractivity contribution in [2.45, 2.75) is 80.3 Å². The van der Waals surface area contributed by atoms with E-state index in [1.165, 1.54) is 38.5 Å². The number of aromatic amines is 1. The molecule has 5 aliphatic carbocycles. The molecule has 6 nitrogen and oxygen atoms in total. The van der Waals surface area contributed by atoms with Gasteiger partial charge in [0.1, 0.15) is 0 Å². The molecule has 172 valence electrons. The molecule has 1 aromatic carbocycles. The molecule has 1 unspecified atom stereocenters. The normalized spacial score (nSPS) is 31.2. The first-order chi connectivity index (χ1) is 16.1. The second kappa shape index (κ2) is 7.36. The lowest BCUT2D eigenvalue weighted by Gasteiger charge is -2.57. The molecule has 0 spiro atoms. The lowest BCUT2D eigenvalue weighted by molar-refractivity contribution is -0.126. The second-order valence-electron chi connectivity index (χ2n) is 11.1. The Morgan fingerprint density at radius 1 is 1.12 bits per heavy atom. The van der Waals surface area contributed by atoms with Crippen LogP contribution in [0.15, 0.2) is 35.6 Å². The number of H-pyrrole nitrogens is 1. The number of rotatable bonds is 6. The third kappa shape index (κ3) is 3.42. The van der Waals surface area contributed by atoms with Gasteiger partial charge in [0.2, 0.25) is 5.91 Å². The SMILES string of the molecule is CC(Sc1nnc(-c2c[nH]c3ccccc23)n1C1CC1)C(=O)NC12CC3CC(CC(C3)C1)C2. The van der Waals surface area contributed by atoms with Gasteiger partial charge in [-0.3, -0.25) is 9.36 Å². The standard InChI is InChI=1S/C26H31N5OS/c1-15(24(32)28-26-11-16-8-17(12-26)10-18(9-16)13-26)33-25-30-29-23(31(25)19-6-7-19)21-14-27-22-5-3-2-4-20(21)22/h2-5,14-19,27H,6-13H2,1H3,(H,28,32). The van der Waals surface area contributed by atoms with E-state index in [1.54, 1.807) is 11.8 Å². The number of hydrogen-bond donors (Lipinski definition) is 2. The summed E-state index contributed by atoms with van der Waals surface area (Å²) in [6.07, 6.45) is 12.1. The highest BCUT2D eigenvalue weighted by molar-refractivity contribution is 8.00. The second-order valence-corrected chi connectivity index (χ2v) is 12.4. The topological polar surface area (TPSA) is 75.6 Å². The van der Waals surface area contributed by atoms with Crippen LogP contribution >= 0.6 is 11.8 Å². The summed E-state index contributed by atoms with van der Waals surface area (Å²) < 4.78 is 2.27. The van der Waals surface area contributed by atoms with Gasteiger partial charge in [0.15, 0.2) is 11.0 Å². The molecule has 33 heavy (non-hydrogen) atoms. The van der Waals surface area contributed by atoms with Gasteiger partial charge in [0.05, 0.1) is 5.25 Å². The number of carbonyl (C=O) groups excluding carboxylic acids is 1. The van der Waals surface area contributed by atoms with E-state index in [4.69, 9.17) is 0 Å². The lowest BCUT2D eigenvalue weighted by Crippen LogP contribution is -2.60. The van der Waals surface area contributed by atoms with E-state index in [2.05, 4.69) is 43.3 Å². The molecule has 8 rings (SSSR count). The van der Waals surface area contributed by atoms with Gasteiger partial charge in [0, 0.05) is 34.2 Å². The summed E-state index contributed by atoms with van der Waals surface area (Å²) in [6, 6.07) is 8.75. The molecule has 5 saturated carbocycles. The Kier molecular flexibility index (Phi) is 4.49. The number of thioether (sulfide) groups is 1. The predicted molar refractivity (Wildman–Crippen MR) is 130 cm³/mol. The van der Waals surface area contributed by atoms with Crippen LogP contribution in [0, 0.1) is 17.8 Å². The molecule has 3 aromatic rings. The molecular weight excluding hydrogens is 430 g/mol. The summed E-state index contributed by atoms with van der Waals surface area (Å²) in [7, 11) is 0. The van der Waals surface area contributed by atoms with E-state index in [-0.39, 0.29) is 16.7 Å². The van der Waals surface area contributed by atoms with Crippen LogP contribution in [0.4, 0.5) is 0 Å². The van der Waals surface area contributed by atoms with E-state index in [0.717, 1.165) is 58.0 Å². The van der Waals surface area contributed by atoms with E-state index in [1.807, 2.05) is 19.2 Å². The van der Waals surface area contributed by atoms with Crippen LogP contribution in [0.2, 0.25) is 0 Å². The maximum atomic E-state index is 13.3. The van der Waals surface area contributed by atoms with Crippen molar-refractivity contribution in [2.75, 3.05) is 0 Å². The van der Waals surface area contributed by atoms with Crippen LogP contribution < -0.4 is 5.32 Å². The zero-order valence-electron chi connectivity index (χ0n) is 19.1. The van der Waals surface area contributed by atoms with Crippen LogP contribution in [0.3, 0.4) is 0 Å². The number of amides is 1. The minimum absolute atomic E-state index is 0.0556. The van der Waals surface area contributed by atoms with Crippen LogP contribution in [0.5, 0.6) is 0 Å². The van der Waals surface area contributed by atoms with E-state index in [9.17, 15) is 4.79 Å². The molecule has 1 atom stereocenters. The van der Waals surface area contributed by atoms with Crippen molar-refractivity contribution in [2.24, 2.45) is 17.8 Å². The molecule has 5 fully saturated rings. The molecule has 0 aliphatic heterocycles. The summed E-state index contributed by atoms with van der Waals surface area (Å²) in [6.45, 7) is 2.03. The predicted octanol–water partition coefficient (Wildman–Crippen LogP) is 5.33. The first kappa shape index (κ1) is 20.1. The fraction of sp³-hybridized carbons (Fsp3) is 0.577. The number of hydrogen-bond acceptors (Lipinski definition) is 4. The van der Waals surface area contributed by atoms with Crippen molar-refractivity contribution in [1.82, 2.24) is 25.1 Å². The maximum absolute atomic E-state index is 13.3. The van der Waals surface area contributed by atoms with Gasteiger partial charge >= 0.3 is 0 Å². The third-order valence-corrected chi connectivity index (χ3v) is 9.54. The van der Waals surface area contributed by atoms with Crippen LogP contribution in [0.1, 0.15) is 64.3 Å². The Labute approximate surface area is 198 Å². The summed E-state index contributed by atoms with van der Waals surface area (Å²) in [5, 5.41) is 14.6. The summed E-state index contributed by atoms with van der Waals surface area (Å²) >= 11 is 1.57. The molecule has 2 N–H and O–H groups in total. The molecule has 2 aromatic heterocycles. The van der Waals surface area contributed by atoms with E-state index < -0.39 is 0 Å². The van der Waals surface area contributed by atoms with E-state index >= 15 is 0 Å². The van der Waals surface area contributed by atoms with Gasteiger partial charge in [-0.15, -0.1) is 10.2 Å². The lowest BCUT2D eigenvalue weighted by atomic mass is 9.53. The molecule has 4 bridgehead atoms.